The molecule has 1 aliphatic heterocycles. The van der Waals surface area contributed by atoms with Crippen LogP contribution in [-0.2, 0) is 16.0 Å². The van der Waals surface area contributed by atoms with Crippen molar-refractivity contribution < 1.29 is 14.3 Å². The number of rotatable bonds is 5. The monoisotopic (exact) mass is 365 g/mol. The number of fused-ring (bicyclic) bond motifs is 1. The van der Waals surface area contributed by atoms with Crippen LogP contribution in [0.3, 0.4) is 0 Å². The van der Waals surface area contributed by atoms with Crippen LogP contribution in [0, 0.1) is 6.92 Å². The van der Waals surface area contributed by atoms with E-state index in [1.807, 2.05) is 49.4 Å². The summed E-state index contributed by atoms with van der Waals surface area (Å²) in [4.78, 5) is 20.3. The molecule has 0 aliphatic carbocycles. The number of carbonyl (C=O) groups is 1. The summed E-state index contributed by atoms with van der Waals surface area (Å²) in [7, 11) is 0. The van der Waals surface area contributed by atoms with Crippen LogP contribution < -0.4 is 10.1 Å². The molecule has 1 saturated heterocycles. The van der Waals surface area contributed by atoms with E-state index in [2.05, 4.69) is 15.3 Å². The summed E-state index contributed by atoms with van der Waals surface area (Å²) in [6, 6.07) is 13.4. The second kappa shape index (κ2) is 7.80. The molecule has 1 fully saturated rings. The summed E-state index contributed by atoms with van der Waals surface area (Å²) in [5, 5.41) is 4.18. The van der Waals surface area contributed by atoms with E-state index in [-0.39, 0.29) is 18.1 Å². The van der Waals surface area contributed by atoms with Gasteiger partial charge in [-0.25, -0.2) is 4.98 Å². The second-order valence-electron chi connectivity index (χ2n) is 6.81. The SMILES string of the molecule is Cc1[nH]c2ccccc2c1CC(=O)N[C@@H]1COCC[C@H]1Oc1ccccn1. The van der Waals surface area contributed by atoms with Crippen LogP contribution >= 0.6 is 0 Å². The average molecular weight is 365 g/mol. The van der Waals surface area contributed by atoms with Crippen molar-refractivity contribution in [2.45, 2.75) is 31.9 Å². The highest BCUT2D eigenvalue weighted by Gasteiger charge is 2.29. The molecule has 1 aliphatic rings. The lowest BCUT2D eigenvalue weighted by atomic mass is 10.0. The lowest BCUT2D eigenvalue weighted by molar-refractivity contribution is -0.123. The van der Waals surface area contributed by atoms with Gasteiger partial charge < -0.3 is 19.8 Å². The fourth-order valence-corrected chi connectivity index (χ4v) is 3.55. The number of aromatic nitrogens is 2. The quantitative estimate of drug-likeness (QED) is 0.729. The molecule has 1 aromatic carbocycles. The zero-order chi connectivity index (χ0) is 18.6. The number of amides is 1. The van der Waals surface area contributed by atoms with Crippen LogP contribution in [0.4, 0.5) is 0 Å². The standard InChI is InChI=1S/C21H23N3O3/c1-14-16(15-6-2-3-7-17(15)23-14)12-20(25)24-18-13-26-11-9-19(18)27-21-8-4-5-10-22-21/h2-8,10,18-19,23H,9,11-13H2,1H3,(H,24,25)/t18-,19-/m1/s1. The molecule has 140 valence electrons. The maximum absolute atomic E-state index is 12.7. The van der Waals surface area contributed by atoms with E-state index in [0.29, 0.717) is 31.9 Å². The Kier molecular flexibility index (Phi) is 5.07. The van der Waals surface area contributed by atoms with Crippen LogP contribution in [0.2, 0.25) is 0 Å². The fraction of sp³-hybridized carbons (Fsp3) is 0.333. The number of benzene rings is 1. The minimum Gasteiger partial charge on any atom is -0.472 e. The Hall–Kier alpha value is -2.86. The Morgan fingerprint density at radius 2 is 2.15 bits per heavy atom. The van der Waals surface area contributed by atoms with Crippen molar-refractivity contribution in [1.29, 1.82) is 0 Å². The third-order valence-corrected chi connectivity index (χ3v) is 4.91. The molecule has 4 rings (SSSR count). The first kappa shape index (κ1) is 17.5. The van der Waals surface area contributed by atoms with E-state index < -0.39 is 0 Å². The van der Waals surface area contributed by atoms with Gasteiger partial charge in [0.15, 0.2) is 0 Å². The van der Waals surface area contributed by atoms with Crippen LogP contribution in [0.5, 0.6) is 5.88 Å². The predicted molar refractivity (Wildman–Crippen MR) is 103 cm³/mol. The van der Waals surface area contributed by atoms with Crippen molar-refractivity contribution in [2.24, 2.45) is 0 Å². The lowest BCUT2D eigenvalue weighted by Gasteiger charge is -2.32. The van der Waals surface area contributed by atoms with Gasteiger partial charge in [0, 0.05) is 35.3 Å². The summed E-state index contributed by atoms with van der Waals surface area (Å²) in [5.74, 6) is 0.532. The van der Waals surface area contributed by atoms with Crippen molar-refractivity contribution in [2.75, 3.05) is 13.2 Å². The van der Waals surface area contributed by atoms with E-state index in [4.69, 9.17) is 9.47 Å². The Morgan fingerprint density at radius 1 is 1.30 bits per heavy atom. The molecule has 3 heterocycles. The number of H-pyrrole nitrogens is 1. The molecule has 0 unspecified atom stereocenters. The molecule has 2 aromatic heterocycles. The number of aromatic amines is 1. The number of pyridine rings is 1. The van der Waals surface area contributed by atoms with Crippen molar-refractivity contribution in [3.8, 4) is 5.88 Å². The first-order chi connectivity index (χ1) is 13.2. The number of aryl methyl sites for hydroxylation is 1. The van der Waals surface area contributed by atoms with E-state index >= 15 is 0 Å². The summed E-state index contributed by atoms with van der Waals surface area (Å²) in [5.41, 5.74) is 3.10. The van der Waals surface area contributed by atoms with E-state index in [1.165, 1.54) is 0 Å². The molecule has 1 amide bonds. The van der Waals surface area contributed by atoms with Crippen molar-refractivity contribution in [3.05, 3.63) is 59.9 Å². The predicted octanol–water partition coefficient (Wildman–Crippen LogP) is 2.77. The van der Waals surface area contributed by atoms with Crippen LogP contribution in [0.1, 0.15) is 17.7 Å². The molecule has 0 bridgehead atoms. The van der Waals surface area contributed by atoms with Gasteiger partial charge in [0.2, 0.25) is 11.8 Å². The van der Waals surface area contributed by atoms with Crippen molar-refractivity contribution in [3.63, 3.8) is 0 Å². The lowest BCUT2D eigenvalue weighted by Crippen LogP contribution is -2.52. The fourth-order valence-electron chi connectivity index (χ4n) is 3.55. The molecule has 2 atom stereocenters. The highest BCUT2D eigenvalue weighted by atomic mass is 16.5. The number of para-hydroxylation sites is 1. The van der Waals surface area contributed by atoms with Gasteiger partial charge in [-0.1, -0.05) is 24.3 Å². The summed E-state index contributed by atoms with van der Waals surface area (Å²) >= 11 is 0. The number of hydrogen-bond acceptors (Lipinski definition) is 4. The first-order valence-electron chi connectivity index (χ1n) is 9.21. The second-order valence-corrected chi connectivity index (χ2v) is 6.81. The highest BCUT2D eigenvalue weighted by Crippen LogP contribution is 2.22. The molecule has 3 aromatic rings. The van der Waals surface area contributed by atoms with Gasteiger partial charge in [0.25, 0.3) is 0 Å². The van der Waals surface area contributed by atoms with E-state index in [9.17, 15) is 4.79 Å². The van der Waals surface area contributed by atoms with Crippen molar-refractivity contribution >= 4 is 16.8 Å². The Morgan fingerprint density at radius 3 is 3.00 bits per heavy atom. The minimum atomic E-state index is -0.196. The molecule has 0 spiro atoms. The van der Waals surface area contributed by atoms with Gasteiger partial charge in [-0.15, -0.1) is 0 Å². The molecule has 0 radical (unpaired) electrons. The number of ether oxygens (including phenoxy) is 2. The molecule has 2 N–H and O–H groups in total. The van der Waals surface area contributed by atoms with Gasteiger partial charge >= 0.3 is 0 Å². The first-order valence-corrected chi connectivity index (χ1v) is 9.21. The maximum Gasteiger partial charge on any atom is 0.224 e. The molecule has 6 nitrogen and oxygen atoms in total. The summed E-state index contributed by atoms with van der Waals surface area (Å²) < 4.78 is 11.5. The topological polar surface area (TPSA) is 76.2 Å². The van der Waals surface area contributed by atoms with Crippen LogP contribution in [0.25, 0.3) is 10.9 Å². The maximum atomic E-state index is 12.7. The largest absolute Gasteiger partial charge is 0.472 e. The normalized spacial score (nSPS) is 19.7. The van der Waals surface area contributed by atoms with Gasteiger partial charge in [-0.05, 0) is 24.6 Å². The number of carbonyl (C=O) groups excluding carboxylic acids is 1. The highest BCUT2D eigenvalue weighted by molar-refractivity contribution is 5.90. The molecule has 27 heavy (non-hydrogen) atoms. The summed E-state index contributed by atoms with van der Waals surface area (Å²) in [6.07, 6.45) is 2.58. The number of nitrogens with zero attached hydrogens (tertiary/aromatic N) is 1. The zero-order valence-corrected chi connectivity index (χ0v) is 15.3. The van der Waals surface area contributed by atoms with Crippen LogP contribution in [-0.4, -0.2) is 41.2 Å². The Labute approximate surface area is 157 Å². The van der Waals surface area contributed by atoms with Gasteiger partial charge in [0.05, 0.1) is 25.7 Å². The van der Waals surface area contributed by atoms with Gasteiger partial charge in [-0.3, -0.25) is 4.79 Å². The van der Waals surface area contributed by atoms with E-state index in [0.717, 1.165) is 22.2 Å². The smallest absolute Gasteiger partial charge is 0.224 e. The molecule has 0 saturated carbocycles. The number of hydrogen-bond donors (Lipinski definition) is 2. The van der Waals surface area contributed by atoms with Gasteiger partial charge in [0.1, 0.15) is 6.10 Å². The molecular formula is C21H23N3O3. The Balaban J connectivity index is 1.45. The third-order valence-electron chi connectivity index (χ3n) is 4.91. The zero-order valence-electron chi connectivity index (χ0n) is 15.3. The summed E-state index contributed by atoms with van der Waals surface area (Å²) in [6.45, 7) is 3.06. The van der Waals surface area contributed by atoms with Crippen LogP contribution in [0.15, 0.2) is 48.7 Å². The third kappa shape index (κ3) is 3.95. The Bertz CT molecular complexity index is 923. The number of nitrogens with one attached hydrogen (secondary N) is 2. The van der Waals surface area contributed by atoms with Gasteiger partial charge in [-0.2, -0.15) is 0 Å². The molecule has 6 heteroatoms. The van der Waals surface area contributed by atoms with E-state index in [1.54, 1.807) is 6.20 Å². The average Bonchev–Trinajstić information content (AvgIpc) is 2.99. The minimum absolute atomic E-state index is 0.0343. The molecular weight excluding hydrogens is 342 g/mol. The van der Waals surface area contributed by atoms with Crippen molar-refractivity contribution in [1.82, 2.24) is 15.3 Å².